The monoisotopic (exact) mass is 304 g/mol. The van der Waals surface area contributed by atoms with Crippen molar-refractivity contribution < 1.29 is 0 Å². The van der Waals surface area contributed by atoms with Gasteiger partial charge >= 0.3 is 0 Å². The highest BCUT2D eigenvalue weighted by atomic mass is 32.2. The van der Waals surface area contributed by atoms with Crippen molar-refractivity contribution in [2.75, 3.05) is 5.75 Å². The summed E-state index contributed by atoms with van der Waals surface area (Å²) in [4.78, 5) is 11.0. The Balaban J connectivity index is 1.95. The molecule has 0 bridgehead atoms. The minimum atomic E-state index is 0.480. The van der Waals surface area contributed by atoms with Crippen LogP contribution >= 0.6 is 11.8 Å². The van der Waals surface area contributed by atoms with Crippen molar-refractivity contribution in [1.82, 2.24) is 9.97 Å². The van der Waals surface area contributed by atoms with Crippen LogP contribution in [0.25, 0.3) is 22.6 Å². The summed E-state index contributed by atoms with van der Waals surface area (Å²) < 4.78 is 0. The molecular formula is C19H16N2S. The third kappa shape index (κ3) is 2.32. The molecule has 0 amide bonds. The average Bonchev–Trinajstić information content (AvgIpc) is 2.97. The molecule has 3 aromatic rings. The third-order valence-electron chi connectivity index (χ3n) is 3.92. The standard InChI is InChI=1S/C19H16N2S/c1-13-12-22-18-16(13)20-19(15-10-6-3-7-11-15)21-17(18)14-8-4-2-5-9-14/h2-11,13H,12H2,1H3. The van der Waals surface area contributed by atoms with Crippen LogP contribution in [0.15, 0.2) is 65.6 Å². The van der Waals surface area contributed by atoms with E-state index in [1.807, 2.05) is 36.0 Å². The van der Waals surface area contributed by atoms with E-state index < -0.39 is 0 Å². The Morgan fingerprint density at radius 2 is 1.50 bits per heavy atom. The van der Waals surface area contributed by atoms with Crippen molar-refractivity contribution >= 4 is 11.8 Å². The summed E-state index contributed by atoms with van der Waals surface area (Å²) in [5.74, 6) is 2.39. The van der Waals surface area contributed by atoms with Gasteiger partial charge in [0.25, 0.3) is 0 Å². The molecule has 1 unspecified atom stereocenters. The molecule has 108 valence electrons. The van der Waals surface area contributed by atoms with E-state index in [0.29, 0.717) is 5.92 Å². The Morgan fingerprint density at radius 1 is 0.864 bits per heavy atom. The number of hydrogen-bond donors (Lipinski definition) is 0. The molecule has 0 N–H and O–H groups in total. The maximum atomic E-state index is 4.89. The Labute approximate surface area is 134 Å². The van der Waals surface area contributed by atoms with Crippen LogP contribution in [0, 0.1) is 0 Å². The molecule has 0 spiro atoms. The van der Waals surface area contributed by atoms with Gasteiger partial charge in [-0.05, 0) is 0 Å². The van der Waals surface area contributed by atoms with Gasteiger partial charge in [0.05, 0.1) is 16.3 Å². The molecule has 2 aromatic carbocycles. The first kappa shape index (κ1) is 13.5. The molecule has 4 rings (SSSR count). The molecule has 0 saturated carbocycles. The second kappa shape index (κ2) is 5.58. The molecule has 22 heavy (non-hydrogen) atoms. The topological polar surface area (TPSA) is 25.8 Å². The normalized spacial score (nSPS) is 16.5. The first-order valence-electron chi connectivity index (χ1n) is 7.48. The Bertz CT molecular complexity index is 800. The predicted octanol–water partition coefficient (Wildman–Crippen LogP) is 5.02. The van der Waals surface area contributed by atoms with Gasteiger partial charge in [0.15, 0.2) is 5.82 Å². The number of aromatic nitrogens is 2. The van der Waals surface area contributed by atoms with Crippen LogP contribution in [-0.2, 0) is 0 Å². The van der Waals surface area contributed by atoms with Crippen LogP contribution < -0.4 is 0 Å². The van der Waals surface area contributed by atoms with Crippen LogP contribution in [0.3, 0.4) is 0 Å². The zero-order valence-corrected chi connectivity index (χ0v) is 13.2. The molecule has 0 fully saturated rings. The lowest BCUT2D eigenvalue weighted by Crippen LogP contribution is -2.01. The van der Waals surface area contributed by atoms with Gasteiger partial charge in [0.2, 0.25) is 0 Å². The molecule has 1 atom stereocenters. The first-order valence-corrected chi connectivity index (χ1v) is 8.47. The molecule has 0 radical (unpaired) electrons. The number of fused-ring (bicyclic) bond motifs is 1. The Morgan fingerprint density at radius 3 is 2.18 bits per heavy atom. The van der Waals surface area contributed by atoms with E-state index in [9.17, 15) is 0 Å². The lowest BCUT2D eigenvalue weighted by molar-refractivity contribution is 0.824. The van der Waals surface area contributed by atoms with Crippen molar-refractivity contribution in [2.45, 2.75) is 17.7 Å². The highest BCUT2D eigenvalue weighted by Crippen LogP contribution is 2.43. The molecule has 1 aromatic heterocycles. The molecule has 0 aliphatic carbocycles. The largest absolute Gasteiger partial charge is 0.232 e. The zero-order chi connectivity index (χ0) is 14.9. The van der Waals surface area contributed by atoms with Gasteiger partial charge in [0.1, 0.15) is 0 Å². The molecule has 0 saturated heterocycles. The maximum absolute atomic E-state index is 4.89. The fraction of sp³-hybridized carbons (Fsp3) is 0.158. The van der Waals surface area contributed by atoms with Gasteiger partial charge in [-0.2, -0.15) is 0 Å². The van der Waals surface area contributed by atoms with E-state index in [0.717, 1.165) is 22.8 Å². The van der Waals surface area contributed by atoms with E-state index in [-0.39, 0.29) is 0 Å². The van der Waals surface area contributed by atoms with E-state index in [1.165, 1.54) is 16.2 Å². The summed E-state index contributed by atoms with van der Waals surface area (Å²) in [5, 5.41) is 0. The third-order valence-corrected chi connectivity index (χ3v) is 5.27. The number of hydrogen-bond acceptors (Lipinski definition) is 3. The highest BCUT2D eigenvalue weighted by Gasteiger charge is 2.26. The van der Waals surface area contributed by atoms with Crippen LogP contribution in [0.2, 0.25) is 0 Å². The summed E-state index contributed by atoms with van der Waals surface area (Å²) >= 11 is 1.88. The number of rotatable bonds is 2. The Hall–Kier alpha value is -2.13. The van der Waals surface area contributed by atoms with Gasteiger partial charge in [-0.1, -0.05) is 67.6 Å². The zero-order valence-electron chi connectivity index (χ0n) is 12.4. The van der Waals surface area contributed by atoms with Crippen LogP contribution in [0.4, 0.5) is 0 Å². The van der Waals surface area contributed by atoms with Crippen LogP contribution in [0.1, 0.15) is 18.5 Å². The van der Waals surface area contributed by atoms with E-state index in [1.54, 1.807) is 0 Å². The second-order valence-electron chi connectivity index (χ2n) is 5.55. The highest BCUT2D eigenvalue weighted by molar-refractivity contribution is 7.99. The molecule has 3 heteroatoms. The number of thioether (sulfide) groups is 1. The molecular weight excluding hydrogens is 288 g/mol. The SMILES string of the molecule is CC1CSc2c(-c3ccccc3)nc(-c3ccccc3)nc21. The summed E-state index contributed by atoms with van der Waals surface area (Å²) in [5.41, 5.74) is 4.50. The smallest absolute Gasteiger partial charge is 0.160 e. The summed E-state index contributed by atoms with van der Waals surface area (Å²) in [7, 11) is 0. The van der Waals surface area contributed by atoms with Gasteiger partial charge in [-0.3, -0.25) is 0 Å². The minimum absolute atomic E-state index is 0.480. The molecule has 1 aliphatic rings. The summed E-state index contributed by atoms with van der Waals surface area (Å²) in [6.07, 6.45) is 0. The molecule has 2 heterocycles. The summed E-state index contributed by atoms with van der Waals surface area (Å²) in [6, 6.07) is 20.7. The van der Waals surface area contributed by atoms with Crippen molar-refractivity contribution in [3.63, 3.8) is 0 Å². The van der Waals surface area contributed by atoms with E-state index in [2.05, 4.69) is 43.3 Å². The number of nitrogens with zero attached hydrogens (tertiary/aromatic N) is 2. The fourth-order valence-electron chi connectivity index (χ4n) is 2.74. The van der Waals surface area contributed by atoms with Gasteiger partial charge in [-0.25, -0.2) is 9.97 Å². The van der Waals surface area contributed by atoms with E-state index in [4.69, 9.17) is 9.97 Å². The lowest BCUT2D eigenvalue weighted by Gasteiger charge is -2.11. The van der Waals surface area contributed by atoms with Crippen LogP contribution in [0.5, 0.6) is 0 Å². The van der Waals surface area contributed by atoms with Gasteiger partial charge < -0.3 is 0 Å². The van der Waals surface area contributed by atoms with Crippen LogP contribution in [-0.4, -0.2) is 15.7 Å². The van der Waals surface area contributed by atoms with Gasteiger partial charge in [-0.15, -0.1) is 11.8 Å². The van der Waals surface area contributed by atoms with E-state index >= 15 is 0 Å². The van der Waals surface area contributed by atoms with Crippen molar-refractivity contribution in [3.8, 4) is 22.6 Å². The van der Waals surface area contributed by atoms with Crippen molar-refractivity contribution in [1.29, 1.82) is 0 Å². The summed E-state index contributed by atoms with van der Waals surface area (Å²) in [6.45, 7) is 2.25. The first-order chi connectivity index (χ1) is 10.8. The molecule has 1 aliphatic heterocycles. The maximum Gasteiger partial charge on any atom is 0.160 e. The van der Waals surface area contributed by atoms with Crippen molar-refractivity contribution in [2.24, 2.45) is 0 Å². The Kier molecular flexibility index (Phi) is 3.43. The predicted molar refractivity (Wildman–Crippen MR) is 92.0 cm³/mol. The van der Waals surface area contributed by atoms with Crippen molar-refractivity contribution in [3.05, 3.63) is 66.4 Å². The fourth-order valence-corrected chi connectivity index (χ4v) is 4.01. The lowest BCUT2D eigenvalue weighted by atomic mass is 10.1. The minimum Gasteiger partial charge on any atom is -0.232 e. The van der Waals surface area contributed by atoms with Gasteiger partial charge in [0, 0.05) is 22.8 Å². The average molecular weight is 304 g/mol. The quantitative estimate of drug-likeness (QED) is 0.665. The number of benzene rings is 2. The molecule has 2 nitrogen and oxygen atoms in total. The second-order valence-corrected chi connectivity index (χ2v) is 6.58.